The van der Waals surface area contributed by atoms with Crippen LogP contribution in [0.2, 0.25) is 0 Å². The number of esters is 1. The van der Waals surface area contributed by atoms with E-state index in [0.29, 0.717) is 24.2 Å². The van der Waals surface area contributed by atoms with Crippen LogP contribution in [-0.2, 0) is 19.0 Å². The van der Waals surface area contributed by atoms with Crippen LogP contribution >= 0.6 is 0 Å². The van der Waals surface area contributed by atoms with Gasteiger partial charge in [0.25, 0.3) is 0 Å². The van der Waals surface area contributed by atoms with E-state index in [1.54, 1.807) is 5.57 Å². The number of hydrogen-bond acceptors (Lipinski definition) is 5. The van der Waals surface area contributed by atoms with Gasteiger partial charge in [0, 0.05) is 17.8 Å². The molecule has 0 aromatic carbocycles. The number of rotatable bonds is 15. The van der Waals surface area contributed by atoms with E-state index in [0.717, 1.165) is 38.5 Å². The number of aliphatic hydroxyl groups excluding tert-OH is 1. The third kappa shape index (κ3) is 6.98. The van der Waals surface area contributed by atoms with Crippen molar-refractivity contribution in [3.63, 3.8) is 0 Å². The summed E-state index contributed by atoms with van der Waals surface area (Å²) in [6.07, 6.45) is 25.9. The van der Waals surface area contributed by atoms with Crippen molar-refractivity contribution in [3.8, 4) is 0 Å². The first-order valence-corrected chi connectivity index (χ1v) is 21.1. The maximum atomic E-state index is 13.1. The highest BCUT2D eigenvalue weighted by atomic mass is 16.7. The van der Waals surface area contributed by atoms with E-state index in [-0.39, 0.29) is 57.5 Å². The molecule has 0 spiro atoms. The number of carbonyl (C=O) groups excluding carboxylic acids is 1. The molecule has 1 N–H and O–H groups in total. The number of epoxide rings is 1. The standard InChI is InChI=1S/C44H74O5/c1-9-10-11-12-13-14-15-16-17-18-19-20-37(45)48-36-25-26-42(6)32-24-28-43(7)31(30-29-34(47-39(30)46)38-41(4,5)49-38)23-27-44(43,8)33(32)21-22-35(42)40(36,2)3/h21,30-32,34-36,38-39,46H,9-20,22-29H2,1-8H3/t30-,31-,32-,34+,35+,36-,38-,39+,42+,43-,44+/m0/s1. The lowest BCUT2D eigenvalue weighted by molar-refractivity contribution is -0.177. The van der Waals surface area contributed by atoms with Crippen LogP contribution in [0.1, 0.15) is 184 Å². The van der Waals surface area contributed by atoms with Crippen LogP contribution < -0.4 is 0 Å². The molecule has 2 aliphatic heterocycles. The summed E-state index contributed by atoms with van der Waals surface area (Å²) in [5.41, 5.74) is 2.11. The molecule has 0 bridgehead atoms. The van der Waals surface area contributed by atoms with Crippen molar-refractivity contribution in [2.45, 2.75) is 214 Å². The van der Waals surface area contributed by atoms with E-state index >= 15 is 0 Å². The number of aliphatic hydroxyl groups is 1. The van der Waals surface area contributed by atoms with E-state index in [1.165, 1.54) is 83.5 Å². The Morgan fingerprint density at radius 3 is 2.12 bits per heavy atom. The highest BCUT2D eigenvalue weighted by Crippen LogP contribution is 2.74. The summed E-state index contributed by atoms with van der Waals surface area (Å²) in [6, 6.07) is 0. The topological polar surface area (TPSA) is 68.3 Å². The van der Waals surface area contributed by atoms with E-state index < -0.39 is 6.29 Å². The molecule has 6 aliphatic rings. The van der Waals surface area contributed by atoms with Gasteiger partial charge in [-0.1, -0.05) is 117 Å². The van der Waals surface area contributed by atoms with Crippen LogP contribution in [0.25, 0.3) is 0 Å². The molecule has 280 valence electrons. The second-order valence-electron chi connectivity index (χ2n) is 19.7. The van der Waals surface area contributed by atoms with Crippen molar-refractivity contribution >= 4 is 5.97 Å². The lowest BCUT2D eigenvalue weighted by Gasteiger charge is -2.64. The maximum absolute atomic E-state index is 13.1. The highest BCUT2D eigenvalue weighted by molar-refractivity contribution is 5.69. The van der Waals surface area contributed by atoms with Gasteiger partial charge in [0.05, 0.1) is 11.7 Å². The van der Waals surface area contributed by atoms with Gasteiger partial charge in [-0.2, -0.15) is 0 Å². The lowest BCUT2D eigenvalue weighted by Crippen LogP contribution is -2.58. The highest BCUT2D eigenvalue weighted by Gasteiger charge is 2.67. The molecule has 0 aromatic heterocycles. The minimum Gasteiger partial charge on any atom is -0.462 e. The molecule has 0 unspecified atom stereocenters. The van der Waals surface area contributed by atoms with Crippen LogP contribution in [0, 0.1) is 45.3 Å². The Labute approximate surface area is 300 Å². The Kier molecular flexibility index (Phi) is 11.2. The van der Waals surface area contributed by atoms with Crippen LogP contribution in [0.15, 0.2) is 11.6 Å². The molecule has 49 heavy (non-hydrogen) atoms. The Morgan fingerprint density at radius 2 is 1.49 bits per heavy atom. The van der Waals surface area contributed by atoms with Crippen LogP contribution in [0.4, 0.5) is 0 Å². The average molecular weight is 683 g/mol. The molecule has 6 rings (SSSR count). The maximum Gasteiger partial charge on any atom is 0.306 e. The molecular formula is C44H74O5. The summed E-state index contributed by atoms with van der Waals surface area (Å²) < 4.78 is 18.5. The largest absolute Gasteiger partial charge is 0.462 e. The van der Waals surface area contributed by atoms with Crippen molar-refractivity contribution < 1.29 is 24.1 Å². The Morgan fingerprint density at radius 1 is 0.857 bits per heavy atom. The van der Waals surface area contributed by atoms with Gasteiger partial charge in [-0.25, -0.2) is 0 Å². The first kappa shape index (κ1) is 37.8. The molecule has 11 atom stereocenters. The zero-order valence-electron chi connectivity index (χ0n) is 32.9. The molecule has 0 aromatic rings. The summed E-state index contributed by atoms with van der Waals surface area (Å²) in [4.78, 5) is 13.1. The molecule has 5 nitrogen and oxygen atoms in total. The molecular weight excluding hydrogens is 608 g/mol. The second kappa shape index (κ2) is 14.5. The summed E-state index contributed by atoms with van der Waals surface area (Å²) >= 11 is 0. The van der Waals surface area contributed by atoms with Gasteiger partial charge >= 0.3 is 5.97 Å². The van der Waals surface area contributed by atoms with E-state index in [1.807, 2.05) is 0 Å². The summed E-state index contributed by atoms with van der Waals surface area (Å²) in [5, 5.41) is 11.2. The van der Waals surface area contributed by atoms with Crippen LogP contribution in [0.3, 0.4) is 0 Å². The quantitative estimate of drug-likeness (QED) is 0.0806. The SMILES string of the molecule is CCCCCCCCCCCCCC(=O)O[C@H]1CC[C@@]2(C)[C@H](CC=C3[C@@H]2CC[C@@]2(C)[C@H]([C@@H]4C[C@H]([C@@H]5OC5(C)C)O[C@H]4O)CC[C@]32C)C1(C)C. The smallest absolute Gasteiger partial charge is 0.306 e. The van der Waals surface area contributed by atoms with Gasteiger partial charge in [-0.05, 0) is 106 Å². The van der Waals surface area contributed by atoms with Crippen molar-refractivity contribution in [3.05, 3.63) is 11.6 Å². The molecule has 2 heterocycles. The molecule has 0 radical (unpaired) electrons. The minimum absolute atomic E-state index is 0.0123. The zero-order valence-corrected chi connectivity index (χ0v) is 32.9. The van der Waals surface area contributed by atoms with E-state index in [4.69, 9.17) is 14.2 Å². The molecule has 4 aliphatic carbocycles. The lowest BCUT2D eigenvalue weighted by atomic mass is 9.41. The number of unbranched alkanes of at least 4 members (excludes halogenated alkanes) is 10. The van der Waals surface area contributed by atoms with Gasteiger partial charge in [0.2, 0.25) is 0 Å². The Bertz CT molecular complexity index is 1190. The fourth-order valence-corrected chi connectivity index (χ4v) is 12.9. The van der Waals surface area contributed by atoms with Gasteiger partial charge in [-0.3, -0.25) is 4.79 Å². The summed E-state index contributed by atoms with van der Waals surface area (Å²) in [6.45, 7) is 19.1. The van der Waals surface area contributed by atoms with Gasteiger partial charge < -0.3 is 19.3 Å². The molecule has 5 heteroatoms. The third-order valence-electron chi connectivity index (χ3n) is 16.2. The fraction of sp³-hybridized carbons (Fsp3) is 0.932. The van der Waals surface area contributed by atoms with Gasteiger partial charge in [0.15, 0.2) is 6.29 Å². The number of fused-ring (bicyclic) bond motifs is 5. The second-order valence-corrected chi connectivity index (χ2v) is 19.7. The van der Waals surface area contributed by atoms with Crippen molar-refractivity contribution in [1.29, 1.82) is 0 Å². The van der Waals surface area contributed by atoms with Crippen molar-refractivity contribution in [1.82, 2.24) is 0 Å². The first-order valence-electron chi connectivity index (χ1n) is 21.1. The fourth-order valence-electron chi connectivity index (χ4n) is 12.9. The van der Waals surface area contributed by atoms with Crippen LogP contribution in [0.5, 0.6) is 0 Å². The third-order valence-corrected chi connectivity index (χ3v) is 16.2. The van der Waals surface area contributed by atoms with Crippen LogP contribution in [-0.4, -0.2) is 41.3 Å². The predicted molar refractivity (Wildman–Crippen MR) is 198 cm³/mol. The molecule has 2 saturated heterocycles. The molecule has 0 amide bonds. The van der Waals surface area contributed by atoms with Crippen molar-refractivity contribution in [2.75, 3.05) is 0 Å². The zero-order chi connectivity index (χ0) is 35.2. The Balaban J connectivity index is 1.03. The summed E-state index contributed by atoms with van der Waals surface area (Å²) in [7, 11) is 0. The molecule has 3 saturated carbocycles. The first-order chi connectivity index (χ1) is 23.2. The average Bonchev–Trinajstić information content (AvgIpc) is 3.37. The monoisotopic (exact) mass is 683 g/mol. The van der Waals surface area contributed by atoms with Gasteiger partial charge in [-0.15, -0.1) is 0 Å². The number of ether oxygens (including phenoxy) is 3. The Hall–Kier alpha value is -0.910. The summed E-state index contributed by atoms with van der Waals surface area (Å²) in [5.74, 6) is 1.79. The molecule has 5 fully saturated rings. The number of carbonyl (C=O) groups is 1. The van der Waals surface area contributed by atoms with Crippen molar-refractivity contribution in [2.24, 2.45) is 45.3 Å². The number of hydrogen-bond donors (Lipinski definition) is 1. The van der Waals surface area contributed by atoms with Gasteiger partial charge in [0.1, 0.15) is 12.2 Å². The normalized spacial score (nSPS) is 43.3. The minimum atomic E-state index is -0.678. The number of allylic oxidation sites excluding steroid dienone is 2. The predicted octanol–water partition coefficient (Wildman–Crippen LogP) is 11.1. The van der Waals surface area contributed by atoms with E-state index in [9.17, 15) is 9.90 Å². The van der Waals surface area contributed by atoms with E-state index in [2.05, 4.69) is 61.5 Å².